The van der Waals surface area contributed by atoms with Crippen LogP contribution in [0.15, 0.2) is 40.9 Å². The van der Waals surface area contributed by atoms with Gasteiger partial charge in [0.05, 0.1) is 0 Å². The molecule has 0 spiro atoms. The van der Waals surface area contributed by atoms with E-state index in [-0.39, 0.29) is 6.04 Å². The summed E-state index contributed by atoms with van der Waals surface area (Å²) in [5.41, 5.74) is 8.39. The summed E-state index contributed by atoms with van der Waals surface area (Å²) in [7, 11) is 0. The first-order valence-electron chi connectivity index (χ1n) is 7.93. The van der Waals surface area contributed by atoms with E-state index >= 15 is 0 Å². The molecule has 1 nitrogen and oxygen atoms in total. The molecule has 2 atom stereocenters. The molecule has 0 aromatic heterocycles. The quantitative estimate of drug-likeness (QED) is 0.729. The van der Waals surface area contributed by atoms with Crippen molar-refractivity contribution in [2.24, 2.45) is 17.1 Å². The number of benzene rings is 2. The first-order chi connectivity index (χ1) is 10.0. The van der Waals surface area contributed by atoms with Crippen LogP contribution in [-0.2, 0) is 0 Å². The van der Waals surface area contributed by atoms with Gasteiger partial charge in [-0.05, 0) is 46.6 Å². The predicted molar refractivity (Wildman–Crippen MR) is 94.3 cm³/mol. The van der Waals surface area contributed by atoms with Crippen LogP contribution in [0.1, 0.15) is 51.1 Å². The lowest BCUT2D eigenvalue weighted by atomic mass is 9.65. The monoisotopic (exact) mass is 345 g/mol. The standard InChI is InChI=1S/C19H24BrN/c1-19(2)12-6-5-9-16(19)18(21)15-10-11-17(20)14-8-4-3-7-13(14)15/h3-4,7-8,10-11,16,18H,5-6,9,12,21H2,1-2H3. The Hall–Kier alpha value is -0.860. The van der Waals surface area contributed by atoms with E-state index in [4.69, 9.17) is 5.73 Å². The molecule has 0 amide bonds. The van der Waals surface area contributed by atoms with Gasteiger partial charge in [0.15, 0.2) is 0 Å². The Morgan fingerprint density at radius 1 is 1.10 bits per heavy atom. The summed E-state index contributed by atoms with van der Waals surface area (Å²) in [6.07, 6.45) is 5.20. The highest BCUT2D eigenvalue weighted by molar-refractivity contribution is 9.10. The van der Waals surface area contributed by atoms with Crippen LogP contribution in [-0.4, -0.2) is 0 Å². The Labute approximate surface area is 136 Å². The number of halogens is 1. The lowest BCUT2D eigenvalue weighted by molar-refractivity contribution is 0.113. The normalized spacial score (nSPS) is 23.1. The van der Waals surface area contributed by atoms with E-state index in [0.717, 1.165) is 4.47 Å². The van der Waals surface area contributed by atoms with Crippen LogP contribution < -0.4 is 5.73 Å². The van der Waals surface area contributed by atoms with Crippen molar-refractivity contribution in [3.05, 3.63) is 46.4 Å². The zero-order valence-electron chi connectivity index (χ0n) is 12.9. The average molecular weight is 346 g/mol. The number of nitrogens with two attached hydrogens (primary N) is 1. The average Bonchev–Trinajstić information content (AvgIpc) is 2.47. The molecule has 3 rings (SSSR count). The molecule has 2 unspecified atom stereocenters. The minimum atomic E-state index is 0.123. The third kappa shape index (κ3) is 2.76. The molecular weight excluding hydrogens is 322 g/mol. The number of rotatable bonds is 2. The second-order valence-electron chi connectivity index (χ2n) is 7.05. The molecule has 2 aromatic rings. The molecule has 2 aromatic carbocycles. The SMILES string of the molecule is CC1(C)CCCCC1C(N)c1ccc(Br)c2ccccc12. The van der Waals surface area contributed by atoms with Crippen LogP contribution in [0.3, 0.4) is 0 Å². The maximum atomic E-state index is 6.75. The molecule has 0 bridgehead atoms. The van der Waals surface area contributed by atoms with E-state index in [1.165, 1.54) is 42.0 Å². The van der Waals surface area contributed by atoms with Crippen LogP contribution in [0.5, 0.6) is 0 Å². The lowest BCUT2D eigenvalue weighted by Gasteiger charge is -2.42. The van der Waals surface area contributed by atoms with Crippen LogP contribution in [0.25, 0.3) is 10.8 Å². The summed E-state index contributed by atoms with van der Waals surface area (Å²) in [4.78, 5) is 0. The molecule has 1 fully saturated rings. The number of hydrogen-bond donors (Lipinski definition) is 1. The third-order valence-electron chi connectivity index (χ3n) is 5.29. The summed E-state index contributed by atoms with van der Waals surface area (Å²) < 4.78 is 1.15. The summed E-state index contributed by atoms with van der Waals surface area (Å²) in [6.45, 7) is 4.77. The van der Waals surface area contributed by atoms with E-state index in [9.17, 15) is 0 Å². The summed E-state index contributed by atoms with van der Waals surface area (Å²) in [6, 6.07) is 13.0. The molecule has 112 valence electrons. The Balaban J connectivity index is 2.06. The van der Waals surface area contributed by atoms with Crippen LogP contribution in [0.2, 0.25) is 0 Å². The second-order valence-corrected chi connectivity index (χ2v) is 7.90. The van der Waals surface area contributed by atoms with Crippen molar-refractivity contribution in [3.8, 4) is 0 Å². The van der Waals surface area contributed by atoms with Gasteiger partial charge in [0.1, 0.15) is 0 Å². The van der Waals surface area contributed by atoms with Gasteiger partial charge in [-0.25, -0.2) is 0 Å². The fourth-order valence-electron chi connectivity index (χ4n) is 3.98. The fraction of sp³-hybridized carbons (Fsp3) is 0.474. The van der Waals surface area contributed by atoms with Crippen LogP contribution in [0.4, 0.5) is 0 Å². The van der Waals surface area contributed by atoms with Gasteiger partial charge in [-0.3, -0.25) is 0 Å². The molecule has 1 saturated carbocycles. The molecule has 1 aliphatic carbocycles. The highest BCUT2D eigenvalue weighted by atomic mass is 79.9. The van der Waals surface area contributed by atoms with E-state index in [1.54, 1.807) is 0 Å². The van der Waals surface area contributed by atoms with Crippen LogP contribution in [0, 0.1) is 11.3 Å². The Bertz CT molecular complexity index is 647. The van der Waals surface area contributed by atoms with Crippen LogP contribution >= 0.6 is 15.9 Å². The fourth-order valence-corrected chi connectivity index (χ4v) is 4.46. The maximum Gasteiger partial charge on any atom is 0.0334 e. The van der Waals surface area contributed by atoms with Gasteiger partial charge in [-0.15, -0.1) is 0 Å². The zero-order valence-corrected chi connectivity index (χ0v) is 14.5. The van der Waals surface area contributed by atoms with Gasteiger partial charge in [0.25, 0.3) is 0 Å². The van der Waals surface area contributed by atoms with Crippen molar-refractivity contribution in [2.75, 3.05) is 0 Å². The summed E-state index contributed by atoms with van der Waals surface area (Å²) in [5, 5.41) is 2.56. The second kappa shape index (κ2) is 5.73. The molecule has 0 radical (unpaired) electrons. The molecular formula is C19H24BrN. The minimum absolute atomic E-state index is 0.123. The van der Waals surface area contributed by atoms with E-state index < -0.39 is 0 Å². The molecule has 1 aliphatic rings. The van der Waals surface area contributed by atoms with E-state index in [2.05, 4.69) is 66.2 Å². The molecule has 2 heteroatoms. The lowest BCUT2D eigenvalue weighted by Crippen LogP contribution is -2.36. The predicted octanol–water partition coefficient (Wildman–Crippen LogP) is 5.82. The van der Waals surface area contributed by atoms with Crippen molar-refractivity contribution < 1.29 is 0 Å². The van der Waals surface area contributed by atoms with Crippen molar-refractivity contribution in [3.63, 3.8) is 0 Å². The summed E-state index contributed by atoms with van der Waals surface area (Å²) >= 11 is 3.66. The largest absolute Gasteiger partial charge is 0.324 e. The maximum absolute atomic E-state index is 6.75. The minimum Gasteiger partial charge on any atom is -0.324 e. The topological polar surface area (TPSA) is 26.0 Å². The smallest absolute Gasteiger partial charge is 0.0334 e. The van der Waals surface area contributed by atoms with E-state index in [0.29, 0.717) is 11.3 Å². The third-order valence-corrected chi connectivity index (χ3v) is 5.98. The first-order valence-corrected chi connectivity index (χ1v) is 8.73. The summed E-state index contributed by atoms with van der Waals surface area (Å²) in [5.74, 6) is 0.566. The van der Waals surface area contributed by atoms with Gasteiger partial charge < -0.3 is 5.73 Å². The molecule has 21 heavy (non-hydrogen) atoms. The van der Waals surface area contributed by atoms with E-state index in [1.807, 2.05) is 0 Å². The van der Waals surface area contributed by atoms with Crippen molar-refractivity contribution in [1.82, 2.24) is 0 Å². The van der Waals surface area contributed by atoms with Gasteiger partial charge in [0, 0.05) is 10.5 Å². The number of fused-ring (bicyclic) bond motifs is 1. The first kappa shape index (κ1) is 15.1. The van der Waals surface area contributed by atoms with Gasteiger partial charge >= 0.3 is 0 Å². The highest BCUT2D eigenvalue weighted by Gasteiger charge is 2.37. The van der Waals surface area contributed by atoms with Gasteiger partial charge in [-0.1, -0.05) is 73.0 Å². The van der Waals surface area contributed by atoms with Crippen molar-refractivity contribution in [2.45, 2.75) is 45.6 Å². The zero-order chi connectivity index (χ0) is 15.0. The Kier molecular flexibility index (Phi) is 4.11. The molecule has 0 saturated heterocycles. The Morgan fingerprint density at radius 3 is 2.52 bits per heavy atom. The Morgan fingerprint density at radius 2 is 1.81 bits per heavy atom. The van der Waals surface area contributed by atoms with Gasteiger partial charge in [-0.2, -0.15) is 0 Å². The number of hydrogen-bond acceptors (Lipinski definition) is 1. The molecule has 0 aliphatic heterocycles. The van der Waals surface area contributed by atoms with Gasteiger partial charge in [0.2, 0.25) is 0 Å². The molecule has 2 N–H and O–H groups in total. The van der Waals surface area contributed by atoms with Crippen molar-refractivity contribution >= 4 is 26.7 Å². The highest BCUT2D eigenvalue weighted by Crippen LogP contribution is 2.47. The molecule has 0 heterocycles. The van der Waals surface area contributed by atoms with Crippen molar-refractivity contribution in [1.29, 1.82) is 0 Å².